The van der Waals surface area contributed by atoms with Crippen molar-refractivity contribution >= 4 is 16.9 Å². The molecule has 2 aromatic heterocycles. The Hall–Kier alpha value is -1.95. The van der Waals surface area contributed by atoms with Crippen molar-refractivity contribution in [2.75, 3.05) is 6.54 Å². The first-order valence-corrected chi connectivity index (χ1v) is 7.90. The van der Waals surface area contributed by atoms with Gasteiger partial charge < -0.3 is 11.1 Å². The van der Waals surface area contributed by atoms with Crippen LogP contribution in [0.1, 0.15) is 37.0 Å². The Labute approximate surface area is 130 Å². The Balaban J connectivity index is 1.69. The lowest BCUT2D eigenvalue weighted by molar-refractivity contribution is 0.0950. The number of carbonyl (C=O) groups is 1. The zero-order chi connectivity index (χ0) is 15.7. The number of fused-ring (bicyclic) bond motifs is 1. The molecular formula is C16H23N5O. The molecule has 22 heavy (non-hydrogen) atoms. The molecule has 1 atom stereocenters. The van der Waals surface area contributed by atoms with Gasteiger partial charge in [-0.2, -0.15) is 5.10 Å². The number of amides is 1. The topological polar surface area (TPSA) is 85.8 Å². The number of nitrogens with two attached hydrogens (primary N) is 1. The summed E-state index contributed by atoms with van der Waals surface area (Å²) < 4.78 is 1.88. The van der Waals surface area contributed by atoms with Crippen LogP contribution in [0.4, 0.5) is 0 Å². The molecule has 1 aliphatic carbocycles. The van der Waals surface area contributed by atoms with E-state index in [0.717, 1.165) is 17.6 Å². The average Bonchev–Trinajstić information content (AvgIpc) is 3.27. The van der Waals surface area contributed by atoms with Gasteiger partial charge in [0.2, 0.25) is 0 Å². The summed E-state index contributed by atoms with van der Waals surface area (Å²) >= 11 is 0. The quantitative estimate of drug-likeness (QED) is 0.847. The van der Waals surface area contributed by atoms with Gasteiger partial charge in [0, 0.05) is 30.7 Å². The van der Waals surface area contributed by atoms with Crippen LogP contribution < -0.4 is 11.1 Å². The van der Waals surface area contributed by atoms with Gasteiger partial charge in [-0.25, -0.2) is 9.67 Å². The predicted octanol–water partition coefficient (Wildman–Crippen LogP) is 1.55. The van der Waals surface area contributed by atoms with Crippen molar-refractivity contribution in [1.29, 1.82) is 0 Å². The van der Waals surface area contributed by atoms with Crippen LogP contribution in [-0.2, 0) is 6.54 Å². The molecular weight excluding hydrogens is 278 g/mol. The van der Waals surface area contributed by atoms with Crippen LogP contribution in [0.3, 0.4) is 0 Å². The number of nitrogens with zero attached hydrogens (tertiary/aromatic N) is 3. The smallest absolute Gasteiger partial charge is 0.252 e. The highest BCUT2D eigenvalue weighted by molar-refractivity contribution is 5.96. The van der Waals surface area contributed by atoms with Crippen LogP contribution in [0, 0.1) is 11.8 Å². The summed E-state index contributed by atoms with van der Waals surface area (Å²) in [6.07, 6.45) is 5.73. The summed E-state index contributed by atoms with van der Waals surface area (Å²) in [6.45, 7) is 5.61. The van der Waals surface area contributed by atoms with Gasteiger partial charge in [0.05, 0.1) is 11.8 Å². The Bertz CT molecular complexity index is 674. The van der Waals surface area contributed by atoms with Crippen molar-refractivity contribution in [3.8, 4) is 0 Å². The largest absolute Gasteiger partial charge is 0.350 e. The van der Waals surface area contributed by atoms with E-state index in [1.807, 2.05) is 10.7 Å². The summed E-state index contributed by atoms with van der Waals surface area (Å²) in [6, 6.07) is 1.90. The van der Waals surface area contributed by atoms with Gasteiger partial charge in [0.1, 0.15) is 0 Å². The minimum absolute atomic E-state index is 0.0643. The molecule has 118 valence electrons. The lowest BCUT2D eigenvalue weighted by Crippen LogP contribution is -2.38. The molecule has 0 bridgehead atoms. The lowest BCUT2D eigenvalue weighted by atomic mass is 10.2. The zero-order valence-corrected chi connectivity index (χ0v) is 13.1. The fourth-order valence-corrected chi connectivity index (χ4v) is 2.58. The van der Waals surface area contributed by atoms with Crippen molar-refractivity contribution in [2.45, 2.75) is 39.3 Å². The zero-order valence-electron chi connectivity index (χ0n) is 13.1. The monoisotopic (exact) mass is 301 g/mol. The van der Waals surface area contributed by atoms with E-state index < -0.39 is 0 Å². The Kier molecular flexibility index (Phi) is 4.11. The van der Waals surface area contributed by atoms with Crippen LogP contribution in [0.15, 0.2) is 18.5 Å². The molecule has 0 aliphatic heterocycles. The van der Waals surface area contributed by atoms with E-state index in [2.05, 4.69) is 29.2 Å². The van der Waals surface area contributed by atoms with E-state index in [4.69, 9.17) is 5.73 Å². The summed E-state index contributed by atoms with van der Waals surface area (Å²) in [5.74, 6) is 0.953. The van der Waals surface area contributed by atoms with Gasteiger partial charge >= 0.3 is 0 Å². The van der Waals surface area contributed by atoms with Gasteiger partial charge in [0.25, 0.3) is 5.91 Å². The first-order valence-electron chi connectivity index (χ1n) is 7.90. The predicted molar refractivity (Wildman–Crippen MR) is 85.4 cm³/mol. The molecule has 0 aromatic carbocycles. The molecule has 3 rings (SSSR count). The van der Waals surface area contributed by atoms with Crippen LogP contribution in [0.25, 0.3) is 11.0 Å². The number of carbonyl (C=O) groups excluding carboxylic acids is 1. The minimum Gasteiger partial charge on any atom is -0.350 e. The second kappa shape index (κ2) is 6.04. The van der Waals surface area contributed by atoms with Crippen LogP contribution in [0.2, 0.25) is 0 Å². The van der Waals surface area contributed by atoms with E-state index >= 15 is 0 Å². The number of aromatic nitrogens is 3. The van der Waals surface area contributed by atoms with Crippen molar-refractivity contribution in [3.05, 3.63) is 24.0 Å². The van der Waals surface area contributed by atoms with Crippen LogP contribution in [0.5, 0.6) is 0 Å². The van der Waals surface area contributed by atoms with Crippen LogP contribution >= 0.6 is 0 Å². The van der Waals surface area contributed by atoms with Gasteiger partial charge in [-0.15, -0.1) is 0 Å². The first-order chi connectivity index (χ1) is 10.5. The van der Waals surface area contributed by atoms with Crippen molar-refractivity contribution < 1.29 is 4.79 Å². The second-order valence-corrected chi connectivity index (χ2v) is 6.57. The third-order valence-electron chi connectivity index (χ3n) is 4.00. The Morgan fingerprint density at radius 2 is 2.23 bits per heavy atom. The summed E-state index contributed by atoms with van der Waals surface area (Å²) in [4.78, 5) is 16.6. The number of hydrogen-bond acceptors (Lipinski definition) is 4. The molecule has 1 aliphatic rings. The molecule has 0 radical (unpaired) electrons. The molecule has 6 heteroatoms. The van der Waals surface area contributed by atoms with E-state index in [1.165, 1.54) is 12.8 Å². The molecule has 3 N–H and O–H groups in total. The molecule has 1 unspecified atom stereocenters. The third kappa shape index (κ3) is 3.27. The summed E-state index contributed by atoms with van der Waals surface area (Å²) in [5, 5.41) is 8.13. The third-order valence-corrected chi connectivity index (χ3v) is 4.00. The molecule has 1 fully saturated rings. The molecule has 6 nitrogen and oxygen atoms in total. The minimum atomic E-state index is -0.123. The van der Waals surface area contributed by atoms with E-state index in [9.17, 15) is 4.79 Å². The Morgan fingerprint density at radius 3 is 2.91 bits per heavy atom. The fraction of sp³-hybridized carbons (Fsp3) is 0.562. The highest BCUT2D eigenvalue weighted by atomic mass is 16.1. The lowest BCUT2D eigenvalue weighted by Gasteiger charge is -2.11. The van der Waals surface area contributed by atoms with Gasteiger partial charge in [-0.3, -0.25) is 4.79 Å². The maximum absolute atomic E-state index is 12.2. The van der Waals surface area contributed by atoms with Gasteiger partial charge in [-0.05, 0) is 30.7 Å². The standard InChI is InChI=1S/C16H23N5O/c1-10(2)9-21-15-12(7-20-21)5-13(6-18-15)16(22)19-8-14(17)11-3-4-11/h5-7,10-11,14H,3-4,8-9,17H2,1-2H3,(H,19,22). The maximum atomic E-state index is 12.2. The SMILES string of the molecule is CC(C)Cn1ncc2cc(C(=O)NCC(N)C3CC3)cnc21. The first kappa shape index (κ1) is 15.0. The molecule has 2 aromatic rings. The molecule has 0 saturated heterocycles. The number of rotatable bonds is 6. The highest BCUT2D eigenvalue weighted by Crippen LogP contribution is 2.31. The fourth-order valence-electron chi connectivity index (χ4n) is 2.58. The van der Waals surface area contributed by atoms with Gasteiger partial charge in [-0.1, -0.05) is 13.8 Å². The van der Waals surface area contributed by atoms with Crippen LogP contribution in [-0.4, -0.2) is 33.3 Å². The second-order valence-electron chi connectivity index (χ2n) is 6.57. The average molecular weight is 301 g/mol. The number of pyridine rings is 1. The Morgan fingerprint density at radius 1 is 1.45 bits per heavy atom. The molecule has 1 saturated carbocycles. The van der Waals surface area contributed by atoms with Crippen molar-refractivity contribution in [3.63, 3.8) is 0 Å². The van der Waals surface area contributed by atoms with E-state index in [1.54, 1.807) is 12.4 Å². The molecule has 0 spiro atoms. The number of hydrogen-bond donors (Lipinski definition) is 2. The van der Waals surface area contributed by atoms with Gasteiger partial charge in [0.15, 0.2) is 5.65 Å². The number of nitrogens with one attached hydrogen (secondary N) is 1. The van der Waals surface area contributed by atoms with Crippen molar-refractivity contribution in [2.24, 2.45) is 17.6 Å². The highest BCUT2D eigenvalue weighted by Gasteiger charge is 2.28. The summed E-state index contributed by atoms with van der Waals surface area (Å²) in [5.41, 5.74) is 7.38. The molecule has 1 amide bonds. The summed E-state index contributed by atoms with van der Waals surface area (Å²) in [7, 11) is 0. The van der Waals surface area contributed by atoms with Crippen molar-refractivity contribution in [1.82, 2.24) is 20.1 Å². The maximum Gasteiger partial charge on any atom is 0.252 e. The molecule has 2 heterocycles. The van der Waals surface area contributed by atoms with E-state index in [0.29, 0.717) is 23.9 Å². The van der Waals surface area contributed by atoms with E-state index in [-0.39, 0.29) is 11.9 Å². The normalized spacial score (nSPS) is 16.2.